The predicted molar refractivity (Wildman–Crippen MR) is 40.8 cm³/mol. The summed E-state index contributed by atoms with van der Waals surface area (Å²) in [4.78, 5) is 17.0. The van der Waals surface area contributed by atoms with Gasteiger partial charge in [0.15, 0.2) is 0 Å². The number of nitrogens with zero attached hydrogens (tertiary/aromatic N) is 1. The molecule has 0 amide bonds. The number of rotatable bonds is 1. The maximum Gasteiger partial charge on any atom is 0.259 e. The Hall–Kier alpha value is -1.52. The molecular weight excluding hydrogens is 146 g/mol. The van der Waals surface area contributed by atoms with Gasteiger partial charge in [0, 0.05) is 7.05 Å². The third-order valence-electron chi connectivity index (χ3n) is 1.36. The van der Waals surface area contributed by atoms with Crippen molar-refractivity contribution in [3.05, 3.63) is 15.9 Å². The maximum absolute atomic E-state index is 10.9. The summed E-state index contributed by atoms with van der Waals surface area (Å²) in [5, 5.41) is 11.7. The van der Waals surface area contributed by atoms with Crippen LogP contribution in [0.15, 0.2) is 4.79 Å². The van der Waals surface area contributed by atoms with Crippen LogP contribution in [0.3, 0.4) is 0 Å². The SMILES string of the molecule is CNc1nc(O)c(C)c(=O)[nH]1. The molecule has 0 bridgehead atoms. The van der Waals surface area contributed by atoms with Gasteiger partial charge in [-0.15, -0.1) is 0 Å². The molecule has 3 N–H and O–H groups in total. The Bertz CT molecular complexity index is 318. The predicted octanol–water partition coefficient (Wildman–Crippen LogP) is -0.174. The number of nitrogens with one attached hydrogen (secondary N) is 2. The van der Waals surface area contributed by atoms with E-state index < -0.39 is 0 Å². The van der Waals surface area contributed by atoms with E-state index in [1.807, 2.05) is 0 Å². The molecule has 0 aliphatic rings. The van der Waals surface area contributed by atoms with Crippen molar-refractivity contribution >= 4 is 5.95 Å². The van der Waals surface area contributed by atoms with E-state index in [1.54, 1.807) is 7.05 Å². The molecule has 0 unspecified atom stereocenters. The molecule has 1 aromatic rings. The van der Waals surface area contributed by atoms with E-state index in [2.05, 4.69) is 15.3 Å². The Kier molecular flexibility index (Phi) is 1.80. The summed E-state index contributed by atoms with van der Waals surface area (Å²) in [5.74, 6) is 0.0243. The number of aromatic hydroxyl groups is 1. The Balaban J connectivity index is 3.32. The summed E-state index contributed by atoms with van der Waals surface area (Å²) in [6.07, 6.45) is 0. The van der Waals surface area contributed by atoms with Gasteiger partial charge < -0.3 is 10.4 Å². The molecule has 1 heterocycles. The molecule has 11 heavy (non-hydrogen) atoms. The largest absolute Gasteiger partial charge is 0.493 e. The van der Waals surface area contributed by atoms with E-state index >= 15 is 0 Å². The van der Waals surface area contributed by atoms with Gasteiger partial charge in [-0.05, 0) is 6.92 Å². The summed E-state index contributed by atoms with van der Waals surface area (Å²) < 4.78 is 0. The lowest BCUT2D eigenvalue weighted by molar-refractivity contribution is 0.447. The lowest BCUT2D eigenvalue weighted by atomic mass is 10.4. The summed E-state index contributed by atoms with van der Waals surface area (Å²) in [6, 6.07) is 0. The van der Waals surface area contributed by atoms with Crippen LogP contribution < -0.4 is 10.9 Å². The number of hydrogen-bond donors (Lipinski definition) is 3. The number of aromatic amines is 1. The van der Waals surface area contributed by atoms with Crippen LogP contribution in [0.25, 0.3) is 0 Å². The van der Waals surface area contributed by atoms with Gasteiger partial charge in [-0.3, -0.25) is 9.78 Å². The highest BCUT2D eigenvalue weighted by Gasteiger charge is 2.03. The standard InChI is InChI=1S/C6H9N3O2/c1-3-4(10)8-6(7-2)9-5(3)11/h1-2H3,(H3,7,8,9,10,11). The van der Waals surface area contributed by atoms with Crippen molar-refractivity contribution in [3.8, 4) is 5.88 Å². The minimum atomic E-state index is -0.332. The van der Waals surface area contributed by atoms with E-state index in [0.29, 0.717) is 0 Å². The van der Waals surface area contributed by atoms with Gasteiger partial charge in [0.2, 0.25) is 11.8 Å². The van der Waals surface area contributed by atoms with Crippen LogP contribution >= 0.6 is 0 Å². The quantitative estimate of drug-likeness (QED) is 0.526. The molecule has 1 aromatic heterocycles. The maximum atomic E-state index is 10.9. The van der Waals surface area contributed by atoms with Gasteiger partial charge in [0.1, 0.15) is 0 Å². The molecule has 5 heteroatoms. The molecule has 0 saturated heterocycles. The van der Waals surface area contributed by atoms with E-state index in [1.165, 1.54) is 6.92 Å². The van der Waals surface area contributed by atoms with Crippen molar-refractivity contribution in [2.45, 2.75) is 6.92 Å². The molecule has 0 saturated carbocycles. The van der Waals surface area contributed by atoms with E-state index in [-0.39, 0.29) is 23.0 Å². The van der Waals surface area contributed by atoms with E-state index in [0.717, 1.165) is 0 Å². The average molecular weight is 155 g/mol. The number of H-pyrrole nitrogens is 1. The summed E-state index contributed by atoms with van der Waals surface area (Å²) in [6.45, 7) is 1.50. The lowest BCUT2D eigenvalue weighted by Gasteiger charge is -2.00. The third-order valence-corrected chi connectivity index (χ3v) is 1.36. The monoisotopic (exact) mass is 155 g/mol. The molecule has 1 rings (SSSR count). The molecule has 0 aliphatic carbocycles. The third kappa shape index (κ3) is 1.31. The van der Waals surface area contributed by atoms with Crippen molar-refractivity contribution in [1.29, 1.82) is 0 Å². The minimum Gasteiger partial charge on any atom is -0.493 e. The molecule has 0 spiro atoms. The molecule has 0 aromatic carbocycles. The molecule has 60 valence electrons. The van der Waals surface area contributed by atoms with Gasteiger partial charge in [0.25, 0.3) is 5.56 Å². The Labute approximate surface area is 63.1 Å². The van der Waals surface area contributed by atoms with Crippen LogP contribution in [0.5, 0.6) is 5.88 Å². The van der Waals surface area contributed by atoms with Gasteiger partial charge in [-0.2, -0.15) is 4.98 Å². The number of hydrogen-bond acceptors (Lipinski definition) is 4. The summed E-state index contributed by atoms with van der Waals surface area (Å²) in [5.41, 5.74) is -0.106. The highest BCUT2D eigenvalue weighted by Crippen LogP contribution is 2.07. The first kappa shape index (κ1) is 7.59. The Morgan fingerprint density at radius 3 is 2.73 bits per heavy atom. The highest BCUT2D eigenvalue weighted by molar-refractivity contribution is 5.30. The van der Waals surface area contributed by atoms with E-state index in [4.69, 9.17) is 5.11 Å². The molecule has 0 radical (unpaired) electrons. The van der Waals surface area contributed by atoms with Crippen molar-refractivity contribution in [2.75, 3.05) is 12.4 Å². The van der Waals surface area contributed by atoms with Crippen LogP contribution in [0.4, 0.5) is 5.95 Å². The topological polar surface area (TPSA) is 78.0 Å². The minimum absolute atomic E-state index is 0.226. The average Bonchev–Trinajstić information content (AvgIpc) is 1.99. The van der Waals surface area contributed by atoms with Crippen molar-refractivity contribution < 1.29 is 5.11 Å². The van der Waals surface area contributed by atoms with Crippen molar-refractivity contribution in [1.82, 2.24) is 9.97 Å². The zero-order valence-electron chi connectivity index (χ0n) is 6.30. The normalized spacial score (nSPS) is 9.64. The Morgan fingerprint density at radius 2 is 2.27 bits per heavy atom. The fourth-order valence-electron chi connectivity index (χ4n) is 0.639. The van der Waals surface area contributed by atoms with E-state index in [9.17, 15) is 4.79 Å². The molecule has 0 atom stereocenters. The fourth-order valence-corrected chi connectivity index (χ4v) is 0.639. The lowest BCUT2D eigenvalue weighted by Crippen LogP contribution is -2.13. The van der Waals surface area contributed by atoms with Crippen LogP contribution in [0.2, 0.25) is 0 Å². The second kappa shape index (κ2) is 2.61. The van der Waals surface area contributed by atoms with Gasteiger partial charge in [0.05, 0.1) is 5.56 Å². The molecule has 0 fully saturated rings. The summed E-state index contributed by atoms with van der Waals surface area (Å²) >= 11 is 0. The summed E-state index contributed by atoms with van der Waals surface area (Å²) in [7, 11) is 1.60. The number of anilines is 1. The second-order valence-electron chi connectivity index (χ2n) is 2.11. The first-order chi connectivity index (χ1) is 5.15. The van der Waals surface area contributed by atoms with Crippen molar-refractivity contribution in [3.63, 3.8) is 0 Å². The molecule has 0 aliphatic heterocycles. The smallest absolute Gasteiger partial charge is 0.259 e. The molecule has 5 nitrogen and oxygen atoms in total. The van der Waals surface area contributed by atoms with Gasteiger partial charge in [-0.25, -0.2) is 0 Å². The van der Waals surface area contributed by atoms with Crippen LogP contribution in [-0.2, 0) is 0 Å². The van der Waals surface area contributed by atoms with Crippen LogP contribution in [-0.4, -0.2) is 22.1 Å². The first-order valence-corrected chi connectivity index (χ1v) is 3.12. The second-order valence-corrected chi connectivity index (χ2v) is 2.11. The first-order valence-electron chi connectivity index (χ1n) is 3.12. The van der Waals surface area contributed by atoms with Crippen LogP contribution in [0, 0.1) is 6.92 Å². The van der Waals surface area contributed by atoms with Crippen molar-refractivity contribution in [2.24, 2.45) is 0 Å². The van der Waals surface area contributed by atoms with Gasteiger partial charge >= 0.3 is 0 Å². The highest BCUT2D eigenvalue weighted by atomic mass is 16.3. The van der Waals surface area contributed by atoms with Crippen LogP contribution in [0.1, 0.15) is 5.56 Å². The fraction of sp³-hybridized carbons (Fsp3) is 0.333. The zero-order chi connectivity index (χ0) is 8.43. The number of aromatic nitrogens is 2. The molecular formula is C6H9N3O2. The zero-order valence-corrected chi connectivity index (χ0v) is 6.30. The Morgan fingerprint density at radius 1 is 1.64 bits per heavy atom. The van der Waals surface area contributed by atoms with Gasteiger partial charge in [-0.1, -0.05) is 0 Å².